The van der Waals surface area contributed by atoms with E-state index in [1.54, 1.807) is 0 Å². The monoisotopic (exact) mass is 591 g/mol. The van der Waals surface area contributed by atoms with E-state index in [0.29, 0.717) is 6.54 Å². The summed E-state index contributed by atoms with van der Waals surface area (Å²) in [4.78, 5) is 14.7. The molecule has 0 radical (unpaired) electrons. The van der Waals surface area contributed by atoms with Gasteiger partial charge in [0.25, 0.3) is 0 Å². The lowest BCUT2D eigenvalue weighted by Gasteiger charge is -2.23. The van der Waals surface area contributed by atoms with Crippen molar-refractivity contribution in [3.05, 3.63) is 131 Å². The molecule has 0 amide bonds. The summed E-state index contributed by atoms with van der Waals surface area (Å²) in [6.07, 6.45) is 6.52. The highest BCUT2D eigenvalue weighted by molar-refractivity contribution is 5.85. The fraction of sp³-hybridized carbons (Fsp3) is 0.333. The number of benzene rings is 2. The van der Waals surface area contributed by atoms with Crippen LogP contribution in [-0.2, 0) is 32.6 Å². The van der Waals surface area contributed by atoms with Gasteiger partial charge in [0.1, 0.15) is 0 Å². The van der Waals surface area contributed by atoms with E-state index in [9.17, 15) is 5.11 Å². The number of aliphatic hydroxyl groups is 1. The van der Waals surface area contributed by atoms with Crippen molar-refractivity contribution >= 4 is 10.9 Å². The van der Waals surface area contributed by atoms with Gasteiger partial charge in [-0.2, -0.15) is 0 Å². The Balaban J connectivity index is 1.11. The first-order chi connectivity index (χ1) is 21.7. The van der Waals surface area contributed by atoms with Gasteiger partial charge in [0.2, 0.25) is 0 Å². The van der Waals surface area contributed by atoms with Gasteiger partial charge in [0, 0.05) is 87.9 Å². The number of H-pyrrole nitrogens is 1. The highest BCUT2D eigenvalue weighted by Crippen LogP contribution is 2.22. The molecule has 0 bridgehead atoms. The zero-order valence-electron chi connectivity index (χ0n) is 25.7. The number of fused-ring (bicyclic) bond motifs is 1. The minimum atomic E-state index is -0.0122. The summed E-state index contributed by atoms with van der Waals surface area (Å²) >= 11 is 0. The van der Waals surface area contributed by atoms with Crippen molar-refractivity contribution in [1.82, 2.24) is 35.8 Å². The molecular weight excluding hydrogens is 546 g/mol. The predicted octanol–water partition coefficient (Wildman–Crippen LogP) is 4.34. The molecule has 0 saturated heterocycles. The number of aryl methyl sites for hydroxylation is 1. The zero-order valence-corrected chi connectivity index (χ0v) is 25.7. The summed E-state index contributed by atoms with van der Waals surface area (Å²) in [6, 6.07) is 27.2. The molecule has 1 atom stereocenters. The topological polar surface area (TPSA) is 101 Å². The highest BCUT2D eigenvalue weighted by Gasteiger charge is 2.13. The van der Waals surface area contributed by atoms with Crippen LogP contribution in [0.1, 0.15) is 33.6 Å². The molecule has 3 heterocycles. The lowest BCUT2D eigenvalue weighted by molar-refractivity contribution is 0.241. The van der Waals surface area contributed by atoms with Gasteiger partial charge in [0.05, 0.1) is 18.0 Å². The third-order valence-corrected chi connectivity index (χ3v) is 7.99. The maximum Gasteiger partial charge on any atom is 0.0588 e. The molecule has 8 nitrogen and oxygen atoms in total. The molecule has 0 aliphatic heterocycles. The zero-order chi connectivity index (χ0) is 30.4. The second kappa shape index (κ2) is 16.8. The Hall–Kier alpha value is -3.92. The van der Waals surface area contributed by atoms with Gasteiger partial charge in [-0.05, 0) is 59.9 Å². The van der Waals surface area contributed by atoms with Crippen molar-refractivity contribution in [2.45, 2.75) is 45.6 Å². The molecule has 44 heavy (non-hydrogen) atoms. The normalized spacial score (nSPS) is 12.2. The number of aromatic amines is 1. The number of pyridine rings is 2. The molecule has 5 aromatic rings. The SMILES string of the molecule is Cc1cccc2c(CC(CO)NCc3ccc(CN(CCNCc4ccccn4)CCNCc4ccccn4)cc3)c[nH]c12. The smallest absolute Gasteiger partial charge is 0.0588 e. The second-order valence-corrected chi connectivity index (χ2v) is 11.4. The molecule has 1 unspecified atom stereocenters. The summed E-state index contributed by atoms with van der Waals surface area (Å²) in [5.41, 5.74) is 8.26. The first-order valence-electron chi connectivity index (χ1n) is 15.6. The standard InChI is InChI=1S/C36H45N7O/c1-28-7-6-10-35-31(23-42-36(28)35)21-34(27-44)41-22-29-11-13-30(14-12-29)26-43(19-17-37-24-32-8-2-4-15-39-32)20-18-38-25-33-9-3-5-16-40-33/h2-16,23,34,37-38,41-42,44H,17-22,24-27H2,1H3. The minimum Gasteiger partial charge on any atom is -0.395 e. The van der Waals surface area contributed by atoms with Crippen LogP contribution < -0.4 is 16.0 Å². The Morgan fingerprint density at radius 1 is 0.773 bits per heavy atom. The minimum absolute atomic E-state index is 0.0122. The number of nitrogens with zero attached hydrogens (tertiary/aromatic N) is 3. The number of rotatable bonds is 18. The molecule has 5 rings (SSSR count). The van der Waals surface area contributed by atoms with Crippen LogP contribution in [0.3, 0.4) is 0 Å². The predicted molar refractivity (Wildman–Crippen MR) is 178 cm³/mol. The first kappa shape index (κ1) is 31.5. The van der Waals surface area contributed by atoms with E-state index >= 15 is 0 Å². The van der Waals surface area contributed by atoms with Crippen molar-refractivity contribution in [3.63, 3.8) is 0 Å². The van der Waals surface area contributed by atoms with Crippen LogP contribution >= 0.6 is 0 Å². The molecular formula is C36H45N7O. The van der Waals surface area contributed by atoms with Crippen LogP contribution in [0, 0.1) is 6.92 Å². The largest absolute Gasteiger partial charge is 0.395 e. The number of aromatic nitrogens is 3. The van der Waals surface area contributed by atoms with Gasteiger partial charge >= 0.3 is 0 Å². The fourth-order valence-electron chi connectivity index (χ4n) is 5.47. The lowest BCUT2D eigenvalue weighted by atomic mass is 10.0. The molecule has 0 aliphatic rings. The summed E-state index contributed by atoms with van der Waals surface area (Å²) in [6.45, 7) is 8.98. The van der Waals surface area contributed by atoms with Crippen molar-refractivity contribution in [3.8, 4) is 0 Å². The van der Waals surface area contributed by atoms with Crippen LogP contribution in [0.15, 0.2) is 97.5 Å². The van der Waals surface area contributed by atoms with Crippen molar-refractivity contribution in [1.29, 1.82) is 0 Å². The van der Waals surface area contributed by atoms with E-state index in [-0.39, 0.29) is 12.6 Å². The van der Waals surface area contributed by atoms with Crippen LogP contribution in [-0.4, -0.2) is 63.8 Å². The molecule has 3 aromatic heterocycles. The van der Waals surface area contributed by atoms with Gasteiger partial charge in [-0.15, -0.1) is 0 Å². The number of aliphatic hydroxyl groups excluding tert-OH is 1. The van der Waals surface area contributed by atoms with Crippen molar-refractivity contribution in [2.75, 3.05) is 32.8 Å². The van der Waals surface area contributed by atoms with Crippen LogP contribution in [0.2, 0.25) is 0 Å². The molecule has 8 heteroatoms. The molecule has 2 aromatic carbocycles. The third-order valence-electron chi connectivity index (χ3n) is 7.99. The van der Waals surface area contributed by atoms with E-state index in [2.05, 4.69) is 104 Å². The van der Waals surface area contributed by atoms with E-state index in [0.717, 1.165) is 63.6 Å². The highest BCUT2D eigenvalue weighted by atomic mass is 16.3. The average Bonchev–Trinajstić information content (AvgIpc) is 3.48. The average molecular weight is 592 g/mol. The quantitative estimate of drug-likeness (QED) is 0.0967. The van der Waals surface area contributed by atoms with Gasteiger partial charge in [0.15, 0.2) is 0 Å². The number of para-hydroxylation sites is 1. The first-order valence-corrected chi connectivity index (χ1v) is 15.6. The molecule has 0 aliphatic carbocycles. The van der Waals surface area contributed by atoms with Gasteiger partial charge in [-0.1, -0.05) is 54.6 Å². The lowest BCUT2D eigenvalue weighted by Crippen LogP contribution is -2.36. The number of hydrogen-bond donors (Lipinski definition) is 5. The maximum absolute atomic E-state index is 10.1. The Morgan fingerprint density at radius 3 is 2.05 bits per heavy atom. The third kappa shape index (κ3) is 9.54. The van der Waals surface area contributed by atoms with E-state index in [1.807, 2.05) is 36.7 Å². The Kier molecular flexibility index (Phi) is 12.0. The summed E-state index contributed by atoms with van der Waals surface area (Å²) in [7, 11) is 0. The summed E-state index contributed by atoms with van der Waals surface area (Å²) in [5, 5.41) is 22.0. The maximum atomic E-state index is 10.1. The Bertz CT molecular complexity index is 1480. The van der Waals surface area contributed by atoms with Gasteiger partial charge in [-0.25, -0.2) is 0 Å². The number of hydrogen-bond acceptors (Lipinski definition) is 7. The summed E-state index contributed by atoms with van der Waals surface area (Å²) in [5.74, 6) is 0. The second-order valence-electron chi connectivity index (χ2n) is 11.4. The molecule has 0 fully saturated rings. The molecule has 0 saturated carbocycles. The van der Waals surface area contributed by atoms with Crippen LogP contribution in [0.25, 0.3) is 10.9 Å². The Labute approximate surface area is 261 Å². The van der Waals surface area contributed by atoms with Crippen molar-refractivity contribution in [2.24, 2.45) is 0 Å². The number of nitrogens with one attached hydrogen (secondary N) is 4. The van der Waals surface area contributed by atoms with E-state index in [4.69, 9.17) is 0 Å². The summed E-state index contributed by atoms with van der Waals surface area (Å²) < 4.78 is 0. The molecule has 230 valence electrons. The van der Waals surface area contributed by atoms with Crippen LogP contribution in [0.4, 0.5) is 0 Å². The van der Waals surface area contributed by atoms with Gasteiger partial charge in [-0.3, -0.25) is 14.9 Å². The van der Waals surface area contributed by atoms with Gasteiger partial charge < -0.3 is 26.0 Å². The molecule has 0 spiro atoms. The Morgan fingerprint density at radius 2 is 1.43 bits per heavy atom. The van der Waals surface area contributed by atoms with E-state index in [1.165, 1.54) is 33.2 Å². The molecule has 5 N–H and O–H groups in total. The van der Waals surface area contributed by atoms with E-state index < -0.39 is 0 Å². The van der Waals surface area contributed by atoms with Crippen LogP contribution in [0.5, 0.6) is 0 Å². The fourth-order valence-corrected chi connectivity index (χ4v) is 5.47. The van der Waals surface area contributed by atoms with Crippen molar-refractivity contribution < 1.29 is 5.11 Å².